The molecule has 1 saturated carbocycles. The summed E-state index contributed by atoms with van der Waals surface area (Å²) in [6.45, 7) is 0. The van der Waals surface area contributed by atoms with Crippen molar-refractivity contribution in [2.45, 2.75) is 31.7 Å². The molecule has 4 heteroatoms. The number of nitrogens with two attached hydrogens (primary N) is 1. The average molecular weight is 179 g/mol. The highest BCUT2D eigenvalue weighted by molar-refractivity contribution is 5.85. The van der Waals surface area contributed by atoms with Crippen molar-refractivity contribution in [2.24, 2.45) is 5.73 Å². The lowest BCUT2D eigenvalue weighted by Gasteiger charge is -2.21. The maximum atomic E-state index is 10.6. The molecule has 0 atom stereocenters. The third-order valence-electron chi connectivity index (χ3n) is 2.22. The molecule has 0 unspecified atom stereocenters. The molecule has 0 aliphatic heterocycles. The second-order valence-corrected chi connectivity index (χ2v) is 2.89. The molecule has 0 saturated heterocycles. The van der Waals surface area contributed by atoms with E-state index in [1.807, 2.05) is 0 Å². The molecular formula is C7H15ClN2O. The molecule has 3 nitrogen and oxygen atoms in total. The van der Waals surface area contributed by atoms with E-state index < -0.39 is 0 Å². The molecular weight excluding hydrogens is 164 g/mol. The van der Waals surface area contributed by atoms with Crippen LogP contribution in [-0.2, 0) is 0 Å². The van der Waals surface area contributed by atoms with Gasteiger partial charge in [0.15, 0.2) is 0 Å². The molecule has 1 aliphatic carbocycles. The quantitative estimate of drug-likeness (QED) is 0.648. The van der Waals surface area contributed by atoms with Crippen LogP contribution in [-0.4, -0.2) is 24.0 Å². The summed E-state index contributed by atoms with van der Waals surface area (Å²) in [6.07, 6.45) is 4.73. The van der Waals surface area contributed by atoms with E-state index in [0.717, 1.165) is 12.8 Å². The van der Waals surface area contributed by atoms with E-state index in [1.165, 1.54) is 12.8 Å². The largest absolute Gasteiger partial charge is 0.351 e. The Hall–Kier alpha value is -0.440. The first-order valence-corrected chi connectivity index (χ1v) is 3.74. The lowest BCUT2D eigenvalue weighted by Crippen LogP contribution is -2.38. The first kappa shape index (κ1) is 10.6. The first-order valence-electron chi connectivity index (χ1n) is 3.74. The van der Waals surface area contributed by atoms with Gasteiger partial charge in [0, 0.05) is 13.1 Å². The van der Waals surface area contributed by atoms with E-state index in [4.69, 9.17) is 5.73 Å². The number of nitrogens with zero attached hydrogens (tertiary/aromatic N) is 1. The van der Waals surface area contributed by atoms with Gasteiger partial charge in [0.1, 0.15) is 0 Å². The number of hydrogen-bond donors (Lipinski definition) is 1. The molecule has 0 heterocycles. The number of amides is 2. The summed E-state index contributed by atoms with van der Waals surface area (Å²) in [5.41, 5.74) is 5.10. The van der Waals surface area contributed by atoms with E-state index in [2.05, 4.69) is 0 Å². The van der Waals surface area contributed by atoms with Crippen LogP contribution < -0.4 is 5.73 Å². The summed E-state index contributed by atoms with van der Waals surface area (Å²) in [5, 5.41) is 0. The topological polar surface area (TPSA) is 46.3 Å². The van der Waals surface area contributed by atoms with Crippen LogP contribution in [0.1, 0.15) is 25.7 Å². The van der Waals surface area contributed by atoms with Gasteiger partial charge in [0.25, 0.3) is 0 Å². The molecule has 0 aromatic rings. The minimum Gasteiger partial charge on any atom is -0.351 e. The van der Waals surface area contributed by atoms with E-state index in [9.17, 15) is 4.79 Å². The number of urea groups is 1. The Morgan fingerprint density at radius 2 is 1.91 bits per heavy atom. The van der Waals surface area contributed by atoms with Crippen molar-refractivity contribution in [2.75, 3.05) is 7.05 Å². The van der Waals surface area contributed by atoms with Gasteiger partial charge in [0.05, 0.1) is 0 Å². The van der Waals surface area contributed by atoms with Crippen LogP contribution >= 0.6 is 12.4 Å². The van der Waals surface area contributed by atoms with Gasteiger partial charge in [-0.15, -0.1) is 12.4 Å². The third-order valence-corrected chi connectivity index (χ3v) is 2.22. The molecule has 0 spiro atoms. The molecule has 0 aromatic carbocycles. The molecule has 0 radical (unpaired) electrons. The molecule has 0 aromatic heterocycles. The predicted octanol–water partition coefficient (Wildman–Crippen LogP) is 1.36. The van der Waals surface area contributed by atoms with Crippen molar-refractivity contribution < 1.29 is 4.79 Å². The van der Waals surface area contributed by atoms with Crippen LogP contribution in [0.5, 0.6) is 0 Å². The van der Waals surface area contributed by atoms with Gasteiger partial charge in [-0.25, -0.2) is 4.79 Å². The maximum Gasteiger partial charge on any atom is 0.314 e. The number of primary amides is 1. The molecule has 2 amide bonds. The molecule has 1 rings (SSSR count). The summed E-state index contributed by atoms with van der Waals surface area (Å²) < 4.78 is 0. The lowest BCUT2D eigenvalue weighted by atomic mass is 10.2. The third kappa shape index (κ3) is 2.58. The van der Waals surface area contributed by atoms with Crippen LogP contribution in [0.2, 0.25) is 0 Å². The smallest absolute Gasteiger partial charge is 0.314 e. The Morgan fingerprint density at radius 3 is 2.27 bits per heavy atom. The van der Waals surface area contributed by atoms with Crippen LogP contribution in [0.3, 0.4) is 0 Å². The number of carbonyl (C=O) groups excluding carboxylic acids is 1. The van der Waals surface area contributed by atoms with Crippen LogP contribution in [0.25, 0.3) is 0 Å². The molecule has 11 heavy (non-hydrogen) atoms. The fraction of sp³-hybridized carbons (Fsp3) is 0.857. The second kappa shape index (κ2) is 4.44. The highest BCUT2D eigenvalue weighted by atomic mass is 35.5. The van der Waals surface area contributed by atoms with Crippen molar-refractivity contribution in [3.05, 3.63) is 0 Å². The fourth-order valence-corrected chi connectivity index (χ4v) is 1.47. The highest BCUT2D eigenvalue weighted by Gasteiger charge is 2.21. The van der Waals surface area contributed by atoms with Gasteiger partial charge in [-0.3, -0.25) is 0 Å². The molecule has 66 valence electrons. The Labute approximate surface area is 73.3 Å². The molecule has 1 aliphatic rings. The van der Waals surface area contributed by atoms with Crippen LogP contribution in [0.15, 0.2) is 0 Å². The van der Waals surface area contributed by atoms with Crippen molar-refractivity contribution in [3.8, 4) is 0 Å². The Kier molecular flexibility index (Phi) is 4.26. The SMILES string of the molecule is CN(C(N)=O)C1CCCC1.Cl. The van der Waals surface area contributed by atoms with Crippen molar-refractivity contribution in [1.82, 2.24) is 4.90 Å². The maximum absolute atomic E-state index is 10.6. The van der Waals surface area contributed by atoms with Gasteiger partial charge in [-0.1, -0.05) is 12.8 Å². The monoisotopic (exact) mass is 178 g/mol. The van der Waals surface area contributed by atoms with Crippen molar-refractivity contribution >= 4 is 18.4 Å². The van der Waals surface area contributed by atoms with Crippen molar-refractivity contribution in [3.63, 3.8) is 0 Å². The molecule has 1 fully saturated rings. The average Bonchev–Trinajstić information content (AvgIpc) is 2.36. The van der Waals surface area contributed by atoms with Gasteiger partial charge in [-0.2, -0.15) is 0 Å². The minimum atomic E-state index is -0.299. The minimum absolute atomic E-state index is 0. The Balaban J connectivity index is 0.000001000. The first-order chi connectivity index (χ1) is 4.72. The van der Waals surface area contributed by atoms with Crippen LogP contribution in [0.4, 0.5) is 4.79 Å². The summed E-state index contributed by atoms with van der Waals surface area (Å²) in [5.74, 6) is 0. The zero-order valence-corrected chi connectivity index (χ0v) is 7.56. The van der Waals surface area contributed by atoms with Crippen LogP contribution in [0, 0.1) is 0 Å². The van der Waals surface area contributed by atoms with Gasteiger partial charge >= 0.3 is 6.03 Å². The van der Waals surface area contributed by atoms with Gasteiger partial charge < -0.3 is 10.6 Å². The molecule has 0 bridgehead atoms. The number of hydrogen-bond acceptors (Lipinski definition) is 1. The number of rotatable bonds is 1. The summed E-state index contributed by atoms with van der Waals surface area (Å²) in [6, 6.07) is 0.115. The van der Waals surface area contributed by atoms with E-state index in [0.29, 0.717) is 6.04 Å². The zero-order valence-electron chi connectivity index (χ0n) is 6.75. The second-order valence-electron chi connectivity index (χ2n) is 2.89. The van der Waals surface area contributed by atoms with E-state index in [-0.39, 0.29) is 18.4 Å². The summed E-state index contributed by atoms with van der Waals surface area (Å²) in [7, 11) is 1.78. The Morgan fingerprint density at radius 1 is 1.45 bits per heavy atom. The standard InChI is InChI=1S/C7H14N2O.ClH/c1-9(7(8)10)6-4-2-3-5-6;/h6H,2-5H2,1H3,(H2,8,10);1H. The lowest BCUT2D eigenvalue weighted by molar-refractivity contribution is 0.200. The normalized spacial score (nSPS) is 17.5. The number of halogens is 1. The fourth-order valence-electron chi connectivity index (χ4n) is 1.47. The zero-order chi connectivity index (χ0) is 7.56. The Bertz CT molecular complexity index is 134. The van der Waals surface area contributed by atoms with Gasteiger partial charge in [0.2, 0.25) is 0 Å². The highest BCUT2D eigenvalue weighted by Crippen LogP contribution is 2.21. The predicted molar refractivity (Wildman–Crippen MR) is 46.9 cm³/mol. The van der Waals surface area contributed by atoms with E-state index >= 15 is 0 Å². The number of carbonyl (C=O) groups is 1. The molecule has 2 N–H and O–H groups in total. The summed E-state index contributed by atoms with van der Waals surface area (Å²) in [4.78, 5) is 12.3. The summed E-state index contributed by atoms with van der Waals surface area (Å²) >= 11 is 0. The van der Waals surface area contributed by atoms with E-state index in [1.54, 1.807) is 11.9 Å². The van der Waals surface area contributed by atoms with Gasteiger partial charge in [-0.05, 0) is 12.8 Å². The van der Waals surface area contributed by atoms with Crippen molar-refractivity contribution in [1.29, 1.82) is 0 Å².